The maximum absolute atomic E-state index is 12.8. The number of benzene rings is 1. The summed E-state index contributed by atoms with van der Waals surface area (Å²) in [6, 6.07) is 9.46. The fourth-order valence-corrected chi connectivity index (χ4v) is 6.83. The monoisotopic (exact) mass is 476 g/mol. The average molecular weight is 477 g/mol. The summed E-state index contributed by atoms with van der Waals surface area (Å²) in [5, 5.41) is 8.86. The molecule has 0 spiro atoms. The molecule has 3 aliphatic rings. The molecule has 8 nitrogen and oxygen atoms in total. The van der Waals surface area contributed by atoms with Crippen molar-refractivity contribution in [2.45, 2.75) is 38.1 Å². The third kappa shape index (κ3) is 3.77. The second kappa shape index (κ2) is 8.54. The van der Waals surface area contributed by atoms with Crippen molar-refractivity contribution in [2.75, 3.05) is 23.7 Å². The highest BCUT2D eigenvalue weighted by atomic mass is 32.1. The number of primary amides is 1. The van der Waals surface area contributed by atoms with Crippen LogP contribution in [0.25, 0.3) is 10.2 Å². The zero-order valence-electron chi connectivity index (χ0n) is 18.9. The Bertz CT molecular complexity index is 1250. The SMILES string of the molecule is NC(=O)[C@H]1[C@@H]2CC[C@@H](C2)[C@H]1Nc1nc(Nc2cccc(C(=O)N3CCCC3)c2)nc2ccsc12. The quantitative estimate of drug-likeness (QED) is 0.496. The lowest BCUT2D eigenvalue weighted by Gasteiger charge is -2.30. The van der Waals surface area contributed by atoms with Gasteiger partial charge >= 0.3 is 0 Å². The maximum Gasteiger partial charge on any atom is 0.253 e. The number of carbonyl (C=O) groups excluding carboxylic acids is 2. The molecular weight excluding hydrogens is 448 g/mol. The number of fused-ring (bicyclic) bond motifs is 3. The molecule has 2 saturated carbocycles. The smallest absolute Gasteiger partial charge is 0.253 e. The van der Waals surface area contributed by atoms with E-state index in [-0.39, 0.29) is 23.8 Å². The van der Waals surface area contributed by atoms with E-state index in [1.807, 2.05) is 40.6 Å². The van der Waals surface area contributed by atoms with Gasteiger partial charge < -0.3 is 21.3 Å². The van der Waals surface area contributed by atoms with E-state index in [2.05, 4.69) is 15.6 Å². The molecule has 9 heteroatoms. The fraction of sp³-hybridized carbons (Fsp3) is 0.440. The van der Waals surface area contributed by atoms with Crippen molar-refractivity contribution >= 4 is 50.8 Å². The van der Waals surface area contributed by atoms with Crippen molar-refractivity contribution in [2.24, 2.45) is 23.5 Å². The van der Waals surface area contributed by atoms with E-state index in [9.17, 15) is 9.59 Å². The fourth-order valence-electron chi connectivity index (χ4n) is 6.05. The molecule has 2 amide bonds. The molecule has 4 N–H and O–H groups in total. The van der Waals surface area contributed by atoms with E-state index in [1.54, 1.807) is 11.3 Å². The summed E-state index contributed by atoms with van der Waals surface area (Å²) < 4.78 is 0.967. The Kier molecular flexibility index (Phi) is 5.36. The molecule has 34 heavy (non-hydrogen) atoms. The highest BCUT2D eigenvalue weighted by molar-refractivity contribution is 7.17. The van der Waals surface area contributed by atoms with Crippen molar-refractivity contribution < 1.29 is 9.59 Å². The highest BCUT2D eigenvalue weighted by Gasteiger charge is 2.50. The zero-order valence-corrected chi connectivity index (χ0v) is 19.7. The normalized spacial score (nSPS) is 25.7. The van der Waals surface area contributed by atoms with Crippen LogP contribution in [0.4, 0.5) is 17.5 Å². The van der Waals surface area contributed by atoms with Crippen LogP contribution in [0.2, 0.25) is 0 Å². The van der Waals surface area contributed by atoms with Gasteiger partial charge in [-0.3, -0.25) is 9.59 Å². The average Bonchev–Trinajstić information content (AvgIpc) is 3.63. The molecule has 2 aromatic heterocycles. The van der Waals surface area contributed by atoms with Crippen LogP contribution >= 0.6 is 11.3 Å². The van der Waals surface area contributed by atoms with Crippen LogP contribution in [0.3, 0.4) is 0 Å². The molecule has 3 aromatic rings. The van der Waals surface area contributed by atoms with E-state index >= 15 is 0 Å². The lowest BCUT2D eigenvalue weighted by atomic mass is 9.84. The topological polar surface area (TPSA) is 113 Å². The highest BCUT2D eigenvalue weighted by Crippen LogP contribution is 2.49. The number of nitrogens with one attached hydrogen (secondary N) is 2. The zero-order chi connectivity index (χ0) is 23.2. The number of thiophene rings is 1. The van der Waals surface area contributed by atoms with Crippen LogP contribution in [-0.4, -0.2) is 45.8 Å². The Morgan fingerprint density at radius 2 is 1.91 bits per heavy atom. The third-order valence-electron chi connectivity index (χ3n) is 7.61. The molecule has 1 aliphatic heterocycles. The molecule has 176 valence electrons. The summed E-state index contributed by atoms with van der Waals surface area (Å²) in [6.07, 6.45) is 5.37. The van der Waals surface area contributed by atoms with Crippen LogP contribution in [0.15, 0.2) is 35.7 Å². The number of hydrogen-bond acceptors (Lipinski definition) is 7. The molecule has 0 radical (unpaired) electrons. The minimum Gasteiger partial charge on any atom is -0.369 e. The van der Waals surface area contributed by atoms with Gasteiger partial charge in [-0.25, -0.2) is 4.98 Å². The Hall–Kier alpha value is -3.20. The van der Waals surface area contributed by atoms with Crippen LogP contribution in [0, 0.1) is 17.8 Å². The molecule has 4 atom stereocenters. The summed E-state index contributed by atoms with van der Waals surface area (Å²) in [5.41, 5.74) is 8.05. The van der Waals surface area contributed by atoms with Gasteiger partial charge in [0.25, 0.3) is 5.91 Å². The summed E-state index contributed by atoms with van der Waals surface area (Å²) >= 11 is 1.58. The first kappa shape index (κ1) is 21.3. The Morgan fingerprint density at radius 3 is 2.74 bits per heavy atom. The van der Waals surface area contributed by atoms with Gasteiger partial charge in [0, 0.05) is 30.4 Å². The van der Waals surface area contributed by atoms with Gasteiger partial charge in [-0.2, -0.15) is 4.98 Å². The van der Waals surface area contributed by atoms with Crippen molar-refractivity contribution in [3.05, 3.63) is 41.3 Å². The third-order valence-corrected chi connectivity index (χ3v) is 8.52. The van der Waals surface area contributed by atoms with E-state index < -0.39 is 0 Å². The molecule has 2 aliphatic carbocycles. The van der Waals surface area contributed by atoms with Crippen molar-refractivity contribution in [3.63, 3.8) is 0 Å². The first-order valence-electron chi connectivity index (χ1n) is 12.0. The Balaban J connectivity index is 1.27. The van der Waals surface area contributed by atoms with Gasteiger partial charge in [0.2, 0.25) is 11.9 Å². The van der Waals surface area contributed by atoms with E-state index in [0.29, 0.717) is 23.3 Å². The maximum atomic E-state index is 12.8. The van der Waals surface area contributed by atoms with Crippen LogP contribution < -0.4 is 16.4 Å². The van der Waals surface area contributed by atoms with Gasteiger partial charge in [0.15, 0.2) is 0 Å². The number of likely N-dealkylation sites (tertiary alicyclic amines) is 1. The lowest BCUT2D eigenvalue weighted by Crippen LogP contribution is -2.42. The summed E-state index contributed by atoms with van der Waals surface area (Å²) in [6.45, 7) is 1.64. The second-order valence-corrected chi connectivity index (χ2v) is 10.6. The molecule has 1 saturated heterocycles. The molecule has 3 heterocycles. The second-order valence-electron chi connectivity index (χ2n) is 9.67. The Labute approximate surface area is 201 Å². The Morgan fingerprint density at radius 1 is 1.09 bits per heavy atom. The van der Waals surface area contributed by atoms with Crippen LogP contribution in [0.1, 0.15) is 42.5 Å². The van der Waals surface area contributed by atoms with E-state index in [1.165, 1.54) is 0 Å². The number of nitrogens with two attached hydrogens (primary N) is 1. The predicted molar refractivity (Wildman–Crippen MR) is 133 cm³/mol. The largest absolute Gasteiger partial charge is 0.369 e. The number of anilines is 3. The minimum atomic E-state index is -0.223. The minimum absolute atomic E-state index is 0.00529. The van der Waals surface area contributed by atoms with Crippen molar-refractivity contribution in [1.29, 1.82) is 0 Å². The number of rotatable bonds is 6. The van der Waals surface area contributed by atoms with Gasteiger partial charge in [0.05, 0.1) is 16.1 Å². The lowest BCUT2D eigenvalue weighted by molar-refractivity contribution is -0.123. The number of amides is 2. The molecule has 6 rings (SSSR count). The van der Waals surface area contributed by atoms with Crippen LogP contribution in [-0.2, 0) is 4.79 Å². The van der Waals surface area contributed by atoms with Gasteiger partial charge in [0.1, 0.15) is 5.82 Å². The van der Waals surface area contributed by atoms with Gasteiger partial charge in [-0.1, -0.05) is 6.07 Å². The molecule has 0 unspecified atom stereocenters. The van der Waals surface area contributed by atoms with Gasteiger partial charge in [-0.05, 0) is 73.6 Å². The summed E-state index contributed by atoms with van der Waals surface area (Å²) in [5.74, 6) is 1.68. The number of carbonyl (C=O) groups is 2. The van der Waals surface area contributed by atoms with Crippen molar-refractivity contribution in [3.8, 4) is 0 Å². The number of aromatic nitrogens is 2. The van der Waals surface area contributed by atoms with Crippen LogP contribution in [0.5, 0.6) is 0 Å². The molecule has 1 aromatic carbocycles. The van der Waals surface area contributed by atoms with E-state index in [4.69, 9.17) is 10.7 Å². The first-order chi connectivity index (χ1) is 16.6. The first-order valence-corrected chi connectivity index (χ1v) is 12.9. The van der Waals surface area contributed by atoms with Crippen molar-refractivity contribution in [1.82, 2.24) is 14.9 Å². The standard InChI is InChI=1S/C25H28N6O2S/c26-22(32)19-14-6-7-15(12-14)20(19)29-23-21-18(8-11-34-21)28-25(30-23)27-17-5-3-4-16(13-17)24(33)31-9-1-2-10-31/h3-5,8,11,13-15,19-20H,1-2,6-7,9-10,12H2,(H2,26,32)(H2,27,28,29,30)/t14-,15+,19+,20-/m1/s1. The predicted octanol–water partition coefficient (Wildman–Crippen LogP) is 3.98. The molecule has 2 bridgehead atoms. The number of nitrogens with zero attached hydrogens (tertiary/aromatic N) is 3. The molecular formula is C25H28N6O2S. The summed E-state index contributed by atoms with van der Waals surface area (Å²) in [7, 11) is 0. The molecule has 3 fully saturated rings. The van der Waals surface area contributed by atoms with E-state index in [0.717, 1.165) is 66.9 Å². The summed E-state index contributed by atoms with van der Waals surface area (Å²) in [4.78, 5) is 36.4. The number of hydrogen-bond donors (Lipinski definition) is 3. The van der Waals surface area contributed by atoms with Gasteiger partial charge in [-0.15, -0.1) is 11.3 Å².